The molecule has 1 unspecified atom stereocenters. The quantitative estimate of drug-likeness (QED) is 0.791. The molecule has 0 saturated heterocycles. The van der Waals surface area contributed by atoms with Gasteiger partial charge in [0.15, 0.2) is 6.10 Å². The van der Waals surface area contributed by atoms with Crippen LogP contribution in [0.5, 0.6) is 0 Å². The van der Waals surface area contributed by atoms with Crippen LogP contribution in [0.25, 0.3) is 0 Å². The Kier molecular flexibility index (Phi) is 5.73. The van der Waals surface area contributed by atoms with Crippen molar-refractivity contribution >= 4 is 23.5 Å². The van der Waals surface area contributed by atoms with E-state index in [9.17, 15) is 14.4 Å². The fourth-order valence-electron chi connectivity index (χ4n) is 1.91. The Morgan fingerprint density at radius 2 is 1.88 bits per heavy atom. The van der Waals surface area contributed by atoms with Crippen LogP contribution < -0.4 is 10.6 Å². The molecule has 2 rings (SSSR count). The molecule has 1 atom stereocenters. The fraction of sp³-hybridized carbons (Fsp3) is 0.235. The smallest absolute Gasteiger partial charge is 0.338 e. The number of amides is 2. The maximum atomic E-state index is 12.0. The Balaban J connectivity index is 1.86. The first kappa shape index (κ1) is 17.3. The lowest BCUT2D eigenvalue weighted by Crippen LogP contribution is -2.35. The van der Waals surface area contributed by atoms with Gasteiger partial charge in [-0.2, -0.15) is 0 Å². The Labute approximate surface area is 139 Å². The third-order valence-corrected chi connectivity index (χ3v) is 3.11. The van der Waals surface area contributed by atoms with Gasteiger partial charge < -0.3 is 19.8 Å². The second-order valence-corrected chi connectivity index (χ2v) is 5.10. The van der Waals surface area contributed by atoms with Crippen molar-refractivity contribution in [3.63, 3.8) is 0 Å². The molecule has 0 aliphatic rings. The molecule has 0 bridgehead atoms. The zero-order valence-electron chi connectivity index (χ0n) is 13.4. The lowest BCUT2D eigenvalue weighted by Gasteiger charge is -2.13. The molecule has 0 aliphatic carbocycles. The molecule has 24 heavy (non-hydrogen) atoms. The Morgan fingerprint density at radius 1 is 1.17 bits per heavy atom. The van der Waals surface area contributed by atoms with E-state index in [0.29, 0.717) is 11.4 Å². The molecule has 1 aromatic heterocycles. The number of carbonyl (C=O) groups is 3. The van der Waals surface area contributed by atoms with Gasteiger partial charge in [0.05, 0.1) is 18.4 Å². The van der Waals surface area contributed by atoms with E-state index in [2.05, 4.69) is 10.6 Å². The highest BCUT2D eigenvalue weighted by atomic mass is 16.5. The summed E-state index contributed by atoms with van der Waals surface area (Å²) in [5.41, 5.74) is 0.859. The molecule has 1 aromatic carbocycles. The van der Waals surface area contributed by atoms with E-state index in [4.69, 9.17) is 9.15 Å². The van der Waals surface area contributed by atoms with Crippen LogP contribution in [-0.4, -0.2) is 23.9 Å². The summed E-state index contributed by atoms with van der Waals surface area (Å²) in [6.07, 6.45) is 0.567. The van der Waals surface area contributed by atoms with E-state index in [1.807, 2.05) is 0 Å². The lowest BCUT2D eigenvalue weighted by molar-refractivity contribution is -0.129. The monoisotopic (exact) mass is 330 g/mol. The number of nitrogens with one attached hydrogen (secondary N) is 2. The number of hydrogen-bond donors (Lipinski definition) is 2. The number of rotatable bonds is 6. The standard InChI is InChI=1S/C17H18N2O5/c1-11(16(21)18-10-15-4-3-9-23-15)24-17(22)13-5-7-14(8-6-13)19-12(2)20/h3-9,11H,10H2,1-2H3,(H,18,21)(H,19,20). The Hall–Kier alpha value is -3.09. The minimum Gasteiger partial charge on any atom is -0.467 e. The van der Waals surface area contributed by atoms with Gasteiger partial charge in [-0.25, -0.2) is 4.79 Å². The molecular weight excluding hydrogens is 312 g/mol. The summed E-state index contributed by atoms with van der Waals surface area (Å²) in [4.78, 5) is 34.9. The number of esters is 1. The van der Waals surface area contributed by atoms with Crippen LogP contribution >= 0.6 is 0 Å². The summed E-state index contributed by atoms with van der Waals surface area (Å²) in [7, 11) is 0. The van der Waals surface area contributed by atoms with Gasteiger partial charge in [-0.1, -0.05) is 0 Å². The van der Waals surface area contributed by atoms with Crippen molar-refractivity contribution in [3.8, 4) is 0 Å². The first-order chi connectivity index (χ1) is 11.5. The number of anilines is 1. The second-order valence-electron chi connectivity index (χ2n) is 5.10. The van der Waals surface area contributed by atoms with Crippen LogP contribution in [-0.2, 0) is 20.9 Å². The van der Waals surface area contributed by atoms with E-state index in [1.54, 1.807) is 24.3 Å². The average molecular weight is 330 g/mol. The van der Waals surface area contributed by atoms with Crippen molar-refractivity contribution in [2.75, 3.05) is 5.32 Å². The minimum absolute atomic E-state index is 0.202. The Bertz CT molecular complexity index is 707. The second kappa shape index (κ2) is 7.96. The molecule has 0 spiro atoms. The number of carbonyl (C=O) groups excluding carboxylic acids is 3. The maximum absolute atomic E-state index is 12.0. The number of benzene rings is 1. The predicted molar refractivity (Wildman–Crippen MR) is 86.2 cm³/mol. The van der Waals surface area contributed by atoms with E-state index in [-0.39, 0.29) is 18.0 Å². The minimum atomic E-state index is -0.942. The summed E-state index contributed by atoms with van der Waals surface area (Å²) in [5, 5.41) is 5.21. The number of furan rings is 1. The SMILES string of the molecule is CC(=O)Nc1ccc(C(=O)OC(C)C(=O)NCc2ccco2)cc1. The molecule has 2 amide bonds. The van der Waals surface area contributed by atoms with Crippen LogP contribution in [0.1, 0.15) is 30.0 Å². The van der Waals surface area contributed by atoms with Gasteiger partial charge in [-0.05, 0) is 43.3 Å². The van der Waals surface area contributed by atoms with Gasteiger partial charge in [-0.3, -0.25) is 9.59 Å². The normalized spacial score (nSPS) is 11.4. The highest BCUT2D eigenvalue weighted by molar-refractivity contribution is 5.93. The van der Waals surface area contributed by atoms with Gasteiger partial charge >= 0.3 is 5.97 Å². The van der Waals surface area contributed by atoms with Gasteiger partial charge in [0.2, 0.25) is 5.91 Å². The van der Waals surface area contributed by atoms with E-state index in [1.165, 1.54) is 32.2 Å². The molecule has 0 radical (unpaired) electrons. The molecular formula is C17H18N2O5. The van der Waals surface area contributed by atoms with E-state index < -0.39 is 18.0 Å². The summed E-state index contributed by atoms with van der Waals surface area (Å²) in [5.74, 6) is -0.637. The Morgan fingerprint density at radius 3 is 2.46 bits per heavy atom. The van der Waals surface area contributed by atoms with Crippen molar-refractivity contribution in [1.29, 1.82) is 0 Å². The molecule has 0 fully saturated rings. The van der Waals surface area contributed by atoms with Crippen LogP contribution in [0.3, 0.4) is 0 Å². The third kappa shape index (κ3) is 4.98. The first-order valence-corrected chi connectivity index (χ1v) is 7.34. The zero-order chi connectivity index (χ0) is 17.5. The molecule has 7 heteroatoms. The third-order valence-electron chi connectivity index (χ3n) is 3.11. The fourth-order valence-corrected chi connectivity index (χ4v) is 1.91. The van der Waals surface area contributed by atoms with Gasteiger partial charge in [0, 0.05) is 12.6 Å². The van der Waals surface area contributed by atoms with Crippen molar-refractivity contribution in [2.45, 2.75) is 26.5 Å². The maximum Gasteiger partial charge on any atom is 0.338 e. The summed E-state index contributed by atoms with van der Waals surface area (Å²) in [6, 6.07) is 9.64. The van der Waals surface area contributed by atoms with Crippen molar-refractivity contribution in [3.05, 3.63) is 54.0 Å². The predicted octanol–water partition coefficient (Wildman–Crippen LogP) is 2.10. The summed E-state index contributed by atoms with van der Waals surface area (Å²) in [6.45, 7) is 3.10. The van der Waals surface area contributed by atoms with Crippen LogP contribution in [0.2, 0.25) is 0 Å². The highest BCUT2D eigenvalue weighted by Gasteiger charge is 2.19. The molecule has 126 valence electrons. The lowest BCUT2D eigenvalue weighted by atomic mass is 10.2. The summed E-state index contributed by atoms with van der Waals surface area (Å²) < 4.78 is 10.2. The van der Waals surface area contributed by atoms with Gasteiger partial charge in [-0.15, -0.1) is 0 Å². The highest BCUT2D eigenvalue weighted by Crippen LogP contribution is 2.11. The first-order valence-electron chi connectivity index (χ1n) is 7.34. The summed E-state index contributed by atoms with van der Waals surface area (Å²) >= 11 is 0. The molecule has 0 saturated carbocycles. The topological polar surface area (TPSA) is 97.6 Å². The van der Waals surface area contributed by atoms with Crippen molar-refractivity contribution in [2.24, 2.45) is 0 Å². The van der Waals surface area contributed by atoms with E-state index >= 15 is 0 Å². The van der Waals surface area contributed by atoms with Gasteiger partial charge in [0.25, 0.3) is 5.91 Å². The molecule has 1 heterocycles. The molecule has 7 nitrogen and oxygen atoms in total. The van der Waals surface area contributed by atoms with Crippen LogP contribution in [0, 0.1) is 0 Å². The van der Waals surface area contributed by atoms with Crippen LogP contribution in [0.4, 0.5) is 5.69 Å². The van der Waals surface area contributed by atoms with Crippen molar-refractivity contribution < 1.29 is 23.5 Å². The number of hydrogen-bond acceptors (Lipinski definition) is 5. The molecule has 2 aromatic rings. The number of ether oxygens (including phenoxy) is 1. The van der Waals surface area contributed by atoms with Gasteiger partial charge in [0.1, 0.15) is 5.76 Å². The molecule has 0 aliphatic heterocycles. The van der Waals surface area contributed by atoms with E-state index in [0.717, 1.165) is 0 Å². The average Bonchev–Trinajstić information content (AvgIpc) is 3.06. The van der Waals surface area contributed by atoms with Crippen molar-refractivity contribution in [1.82, 2.24) is 5.32 Å². The largest absolute Gasteiger partial charge is 0.467 e. The van der Waals surface area contributed by atoms with Crippen LogP contribution in [0.15, 0.2) is 47.1 Å². The molecule has 2 N–H and O–H groups in total. The zero-order valence-corrected chi connectivity index (χ0v) is 13.4.